The first kappa shape index (κ1) is 10.8. The van der Waals surface area contributed by atoms with Crippen LogP contribution in [0.1, 0.15) is 19.3 Å². The minimum atomic E-state index is -0.990. The Labute approximate surface area is 81.6 Å². The van der Waals surface area contributed by atoms with E-state index in [9.17, 15) is 9.59 Å². The van der Waals surface area contributed by atoms with Crippen LogP contribution < -0.4 is 5.84 Å². The normalized spacial score (nSPS) is 14.9. The van der Waals surface area contributed by atoms with E-state index < -0.39 is 12.1 Å². The standard InChI is InChI=1S/C8H14N2O4/c9-10(4-3-7(11)12)8(13)14-5-6-1-2-6/h6H,1-5,9H2,(H,11,12). The van der Waals surface area contributed by atoms with Gasteiger partial charge in [-0.3, -0.25) is 4.79 Å². The highest BCUT2D eigenvalue weighted by Gasteiger charge is 2.24. The minimum Gasteiger partial charge on any atom is -0.481 e. The Bertz CT molecular complexity index is 227. The second-order valence-corrected chi connectivity index (χ2v) is 3.36. The maximum atomic E-state index is 11.1. The summed E-state index contributed by atoms with van der Waals surface area (Å²) < 4.78 is 4.83. The van der Waals surface area contributed by atoms with E-state index in [-0.39, 0.29) is 13.0 Å². The van der Waals surface area contributed by atoms with Gasteiger partial charge < -0.3 is 9.84 Å². The van der Waals surface area contributed by atoms with Crippen molar-refractivity contribution in [3.8, 4) is 0 Å². The highest BCUT2D eigenvalue weighted by Crippen LogP contribution is 2.28. The summed E-state index contributed by atoms with van der Waals surface area (Å²) in [5, 5.41) is 9.13. The molecule has 0 saturated heterocycles. The monoisotopic (exact) mass is 202 g/mol. The Hall–Kier alpha value is -1.30. The number of aliphatic carboxylic acids is 1. The van der Waals surface area contributed by atoms with Crippen LogP contribution in [0.3, 0.4) is 0 Å². The van der Waals surface area contributed by atoms with Crippen molar-refractivity contribution in [1.29, 1.82) is 0 Å². The van der Waals surface area contributed by atoms with E-state index in [1.165, 1.54) is 0 Å². The van der Waals surface area contributed by atoms with Gasteiger partial charge in [0.15, 0.2) is 0 Å². The first-order valence-electron chi connectivity index (χ1n) is 4.50. The number of nitrogens with two attached hydrogens (primary N) is 1. The van der Waals surface area contributed by atoms with Crippen molar-refractivity contribution in [2.75, 3.05) is 13.2 Å². The number of ether oxygens (including phenoxy) is 1. The summed E-state index contributed by atoms with van der Waals surface area (Å²) >= 11 is 0. The average molecular weight is 202 g/mol. The maximum Gasteiger partial charge on any atom is 0.424 e. The number of carboxylic acids is 1. The van der Waals surface area contributed by atoms with Crippen molar-refractivity contribution < 1.29 is 19.4 Å². The number of carbonyl (C=O) groups excluding carboxylic acids is 1. The third kappa shape index (κ3) is 4.08. The van der Waals surface area contributed by atoms with E-state index >= 15 is 0 Å². The lowest BCUT2D eigenvalue weighted by Crippen LogP contribution is -2.39. The first-order valence-corrected chi connectivity index (χ1v) is 4.50. The SMILES string of the molecule is NN(CCC(=O)O)C(=O)OCC1CC1. The molecule has 0 aromatic rings. The van der Waals surface area contributed by atoms with Gasteiger partial charge in [-0.1, -0.05) is 0 Å². The summed E-state index contributed by atoms with van der Waals surface area (Å²) in [5.74, 6) is 4.76. The summed E-state index contributed by atoms with van der Waals surface area (Å²) in [6.45, 7) is 0.360. The number of hydrogen-bond acceptors (Lipinski definition) is 4. The van der Waals surface area contributed by atoms with Gasteiger partial charge in [0.25, 0.3) is 0 Å². The van der Waals surface area contributed by atoms with E-state index in [1.54, 1.807) is 0 Å². The van der Waals surface area contributed by atoms with Crippen LogP contribution in [0.4, 0.5) is 4.79 Å². The second kappa shape index (κ2) is 4.80. The molecule has 0 aromatic heterocycles. The van der Waals surface area contributed by atoms with Gasteiger partial charge in [0.05, 0.1) is 19.6 Å². The molecule has 6 nitrogen and oxygen atoms in total. The molecule has 0 aliphatic heterocycles. The quantitative estimate of drug-likeness (QED) is 0.377. The predicted molar refractivity (Wildman–Crippen MR) is 47.2 cm³/mol. The Kier molecular flexibility index (Phi) is 3.70. The summed E-state index contributed by atoms with van der Waals surface area (Å²) in [6, 6.07) is 0. The fourth-order valence-corrected chi connectivity index (χ4v) is 0.864. The molecule has 3 N–H and O–H groups in total. The molecular weight excluding hydrogens is 188 g/mol. The van der Waals surface area contributed by atoms with Crippen LogP contribution in [0.5, 0.6) is 0 Å². The topological polar surface area (TPSA) is 92.9 Å². The minimum absolute atomic E-state index is 0.0289. The van der Waals surface area contributed by atoms with E-state index in [1.807, 2.05) is 0 Å². The van der Waals surface area contributed by atoms with Gasteiger partial charge in [-0.05, 0) is 18.8 Å². The van der Waals surface area contributed by atoms with Crippen LogP contribution in [0.15, 0.2) is 0 Å². The summed E-state index contributed by atoms with van der Waals surface area (Å²) in [7, 11) is 0. The molecule has 1 fully saturated rings. The van der Waals surface area contributed by atoms with E-state index in [4.69, 9.17) is 15.7 Å². The Balaban J connectivity index is 2.10. The summed E-state index contributed by atoms with van der Waals surface area (Å²) in [6.07, 6.45) is 1.35. The van der Waals surface area contributed by atoms with E-state index in [0.29, 0.717) is 12.5 Å². The smallest absolute Gasteiger partial charge is 0.424 e. The number of hydrazine groups is 1. The molecule has 6 heteroatoms. The van der Waals surface area contributed by atoms with Crippen LogP contribution in [0, 0.1) is 5.92 Å². The Morgan fingerprint density at radius 2 is 2.14 bits per heavy atom. The van der Waals surface area contributed by atoms with Crippen LogP contribution in [-0.4, -0.2) is 35.3 Å². The third-order valence-electron chi connectivity index (χ3n) is 1.94. The zero-order valence-corrected chi connectivity index (χ0v) is 7.81. The van der Waals surface area contributed by atoms with Crippen LogP contribution >= 0.6 is 0 Å². The van der Waals surface area contributed by atoms with Gasteiger partial charge in [-0.15, -0.1) is 0 Å². The van der Waals surface area contributed by atoms with Gasteiger partial charge in [-0.25, -0.2) is 15.6 Å². The fraction of sp³-hybridized carbons (Fsp3) is 0.750. The molecule has 0 heterocycles. The number of nitrogens with zero attached hydrogens (tertiary/aromatic N) is 1. The lowest BCUT2D eigenvalue weighted by Gasteiger charge is -2.14. The van der Waals surface area contributed by atoms with Gasteiger partial charge in [0.1, 0.15) is 0 Å². The molecule has 0 aromatic carbocycles. The number of hydrogen-bond donors (Lipinski definition) is 2. The molecule has 1 saturated carbocycles. The number of amides is 1. The molecule has 0 radical (unpaired) electrons. The first-order chi connectivity index (χ1) is 6.59. The van der Waals surface area contributed by atoms with E-state index in [0.717, 1.165) is 17.9 Å². The highest BCUT2D eigenvalue weighted by molar-refractivity contribution is 5.70. The molecular formula is C8H14N2O4. The van der Waals surface area contributed by atoms with Gasteiger partial charge in [0, 0.05) is 0 Å². The number of carboxylic acid groups (broad SMARTS) is 1. The van der Waals surface area contributed by atoms with Crippen molar-refractivity contribution in [3.05, 3.63) is 0 Å². The molecule has 0 unspecified atom stereocenters. The molecule has 1 aliphatic rings. The maximum absolute atomic E-state index is 11.1. The predicted octanol–water partition coefficient (Wildman–Crippen LogP) is 0.183. The zero-order valence-electron chi connectivity index (χ0n) is 7.81. The lowest BCUT2D eigenvalue weighted by atomic mass is 10.4. The van der Waals surface area contributed by atoms with Crippen molar-refractivity contribution in [1.82, 2.24) is 5.01 Å². The molecule has 80 valence electrons. The third-order valence-corrected chi connectivity index (χ3v) is 1.94. The zero-order chi connectivity index (χ0) is 10.6. The molecule has 1 amide bonds. The van der Waals surface area contributed by atoms with E-state index in [2.05, 4.69) is 0 Å². The highest BCUT2D eigenvalue weighted by atomic mass is 16.6. The molecule has 14 heavy (non-hydrogen) atoms. The molecule has 0 bridgehead atoms. The summed E-state index contributed by atoms with van der Waals surface area (Å²) in [4.78, 5) is 21.2. The largest absolute Gasteiger partial charge is 0.481 e. The molecule has 0 atom stereocenters. The Morgan fingerprint density at radius 3 is 2.64 bits per heavy atom. The second-order valence-electron chi connectivity index (χ2n) is 3.36. The van der Waals surface area contributed by atoms with Crippen molar-refractivity contribution in [2.24, 2.45) is 11.8 Å². The Morgan fingerprint density at radius 1 is 1.50 bits per heavy atom. The fourth-order valence-electron chi connectivity index (χ4n) is 0.864. The van der Waals surface area contributed by atoms with Crippen LogP contribution in [-0.2, 0) is 9.53 Å². The van der Waals surface area contributed by atoms with Crippen molar-refractivity contribution >= 4 is 12.1 Å². The summed E-state index contributed by atoms with van der Waals surface area (Å²) in [5.41, 5.74) is 0. The van der Waals surface area contributed by atoms with Gasteiger partial charge in [-0.2, -0.15) is 0 Å². The number of rotatable bonds is 5. The van der Waals surface area contributed by atoms with Crippen molar-refractivity contribution in [3.63, 3.8) is 0 Å². The van der Waals surface area contributed by atoms with Crippen LogP contribution in [0.2, 0.25) is 0 Å². The van der Waals surface area contributed by atoms with Gasteiger partial charge >= 0.3 is 12.1 Å². The molecule has 1 aliphatic carbocycles. The average Bonchev–Trinajstić information content (AvgIpc) is 2.93. The van der Waals surface area contributed by atoms with Crippen LogP contribution in [0.25, 0.3) is 0 Å². The van der Waals surface area contributed by atoms with Crippen molar-refractivity contribution in [2.45, 2.75) is 19.3 Å². The lowest BCUT2D eigenvalue weighted by molar-refractivity contribution is -0.137. The number of carbonyl (C=O) groups is 2. The van der Waals surface area contributed by atoms with Gasteiger partial charge in [0.2, 0.25) is 0 Å². The molecule has 0 spiro atoms. The molecule has 1 rings (SSSR count).